The van der Waals surface area contributed by atoms with E-state index >= 15 is 0 Å². The number of rotatable bonds is 5. The Hall–Kier alpha value is -6.64. The van der Waals surface area contributed by atoms with E-state index in [9.17, 15) is 0 Å². The minimum Gasteiger partial charge on any atom is -0.310 e. The van der Waals surface area contributed by atoms with E-state index in [1.807, 2.05) is 0 Å². The highest BCUT2D eigenvalue weighted by atomic mass is 15.2. The fourth-order valence-electron chi connectivity index (χ4n) is 9.21. The van der Waals surface area contributed by atoms with Gasteiger partial charge >= 0.3 is 0 Å². The van der Waals surface area contributed by atoms with Crippen LogP contribution >= 0.6 is 0 Å². The molecule has 56 heavy (non-hydrogen) atoms. The first-order valence-electron chi connectivity index (χ1n) is 19.7. The van der Waals surface area contributed by atoms with Crippen molar-refractivity contribution >= 4 is 34.1 Å². The second kappa shape index (κ2) is 13.0. The van der Waals surface area contributed by atoms with Crippen LogP contribution in [0.4, 0.5) is 34.1 Å². The zero-order valence-electron chi connectivity index (χ0n) is 32.4. The molecule has 0 atom stereocenters. The monoisotopic (exact) mass is 720 g/mol. The predicted octanol–water partition coefficient (Wildman–Crippen LogP) is 14.9. The van der Waals surface area contributed by atoms with Crippen LogP contribution in [-0.4, -0.2) is 0 Å². The molecule has 2 heteroatoms. The van der Waals surface area contributed by atoms with Gasteiger partial charge in [0.25, 0.3) is 0 Å². The van der Waals surface area contributed by atoms with Crippen LogP contribution in [0.5, 0.6) is 0 Å². The molecule has 0 N–H and O–H groups in total. The molecule has 0 unspecified atom stereocenters. The molecule has 8 aromatic carbocycles. The first-order chi connectivity index (χ1) is 27.3. The van der Waals surface area contributed by atoms with Gasteiger partial charge in [-0.15, -0.1) is 0 Å². The summed E-state index contributed by atoms with van der Waals surface area (Å²) in [5, 5.41) is 0. The van der Waals surface area contributed by atoms with E-state index in [0.717, 1.165) is 11.4 Å². The van der Waals surface area contributed by atoms with Crippen molar-refractivity contribution < 1.29 is 0 Å². The summed E-state index contributed by atoms with van der Waals surface area (Å²) < 4.78 is 0. The normalized spacial score (nSPS) is 14.6. The van der Waals surface area contributed by atoms with Gasteiger partial charge in [0.1, 0.15) is 0 Å². The minimum atomic E-state index is -0.204. The highest BCUT2D eigenvalue weighted by Crippen LogP contribution is 2.55. The van der Waals surface area contributed by atoms with Crippen molar-refractivity contribution in [2.24, 2.45) is 0 Å². The largest absolute Gasteiger partial charge is 0.310 e. The lowest BCUT2D eigenvalue weighted by Crippen LogP contribution is -2.31. The van der Waals surface area contributed by atoms with E-state index in [1.165, 1.54) is 78.4 Å². The number of hydrogen-bond donors (Lipinski definition) is 0. The topological polar surface area (TPSA) is 6.48 Å². The maximum Gasteiger partial charge on any atom is 0.0503 e. The molecular formula is C54H44N2. The van der Waals surface area contributed by atoms with Gasteiger partial charge in [-0.3, -0.25) is 0 Å². The molecular weight excluding hydrogens is 677 g/mol. The number of para-hydroxylation sites is 2. The highest BCUT2D eigenvalue weighted by Gasteiger charge is 2.39. The van der Waals surface area contributed by atoms with Crippen LogP contribution in [0.1, 0.15) is 49.9 Å². The van der Waals surface area contributed by atoms with Crippen LogP contribution in [0, 0.1) is 0 Å². The highest BCUT2D eigenvalue weighted by molar-refractivity contribution is 5.91. The van der Waals surface area contributed by atoms with Gasteiger partial charge in [-0.05, 0) is 116 Å². The summed E-state index contributed by atoms with van der Waals surface area (Å²) in [6.07, 6.45) is 0. The first kappa shape index (κ1) is 33.9. The Morgan fingerprint density at radius 2 is 0.643 bits per heavy atom. The van der Waals surface area contributed by atoms with Crippen molar-refractivity contribution in [1.82, 2.24) is 0 Å². The summed E-state index contributed by atoms with van der Waals surface area (Å²) in [5.74, 6) is 0. The molecule has 10 rings (SSSR count). The second-order valence-corrected chi connectivity index (χ2v) is 16.2. The summed E-state index contributed by atoms with van der Waals surface area (Å²) in [6, 6.07) is 71.3. The molecule has 0 spiro atoms. The van der Waals surface area contributed by atoms with E-state index in [4.69, 9.17) is 0 Å². The molecule has 2 aliphatic rings. The van der Waals surface area contributed by atoms with Crippen molar-refractivity contribution in [2.45, 2.75) is 38.5 Å². The Morgan fingerprint density at radius 3 is 1.18 bits per heavy atom. The average Bonchev–Trinajstić information content (AvgIpc) is 3.25. The maximum atomic E-state index is 2.46. The predicted molar refractivity (Wildman–Crippen MR) is 236 cm³/mol. The third-order valence-corrected chi connectivity index (χ3v) is 12.2. The van der Waals surface area contributed by atoms with E-state index in [-0.39, 0.29) is 10.8 Å². The number of anilines is 6. The third kappa shape index (κ3) is 5.39. The molecule has 0 saturated heterocycles. The molecule has 0 fully saturated rings. The Labute approximate surface area is 331 Å². The lowest BCUT2D eigenvalue weighted by Gasteiger charge is -2.43. The van der Waals surface area contributed by atoms with Gasteiger partial charge in [-0.2, -0.15) is 0 Å². The number of nitrogens with zero attached hydrogens (tertiary/aromatic N) is 2. The maximum absolute atomic E-state index is 2.46. The molecule has 0 aliphatic carbocycles. The molecule has 0 aromatic heterocycles. The summed E-state index contributed by atoms with van der Waals surface area (Å²) >= 11 is 0. The molecule has 8 aromatic rings. The van der Waals surface area contributed by atoms with Crippen LogP contribution in [0.3, 0.4) is 0 Å². The standard InChI is InChI=1S/C54H44N2/c1-53(2)45-22-11-13-24-49(45)55(43-30-26-39(27-31-43)37-16-7-5-8-17-37)51-32-28-41(35-47(51)53)42-29-33-52-48(36-42)54(3,4)46-23-12-14-25-50(46)56(52)44-21-15-20-40(34-44)38-18-9-6-10-19-38/h5-36H,1-4H3. The van der Waals surface area contributed by atoms with Crippen LogP contribution in [0.2, 0.25) is 0 Å². The summed E-state index contributed by atoms with van der Waals surface area (Å²) in [6.45, 7) is 9.50. The molecule has 0 bridgehead atoms. The number of benzene rings is 8. The summed E-state index contributed by atoms with van der Waals surface area (Å²) in [5.41, 5.74) is 19.5. The third-order valence-electron chi connectivity index (χ3n) is 12.2. The van der Waals surface area contributed by atoms with Gasteiger partial charge in [0, 0.05) is 22.2 Å². The Morgan fingerprint density at radius 1 is 0.268 bits per heavy atom. The van der Waals surface area contributed by atoms with Crippen molar-refractivity contribution in [1.29, 1.82) is 0 Å². The second-order valence-electron chi connectivity index (χ2n) is 16.2. The average molecular weight is 721 g/mol. The fraction of sp³-hybridized carbons (Fsp3) is 0.111. The molecule has 2 aliphatic heterocycles. The van der Waals surface area contributed by atoms with Gasteiger partial charge in [0.2, 0.25) is 0 Å². The zero-order chi connectivity index (χ0) is 38.0. The minimum absolute atomic E-state index is 0.199. The number of hydrogen-bond acceptors (Lipinski definition) is 2. The molecule has 0 amide bonds. The van der Waals surface area contributed by atoms with Gasteiger partial charge in [0.15, 0.2) is 0 Å². The Kier molecular flexibility index (Phi) is 7.87. The van der Waals surface area contributed by atoms with Crippen LogP contribution < -0.4 is 9.80 Å². The zero-order valence-corrected chi connectivity index (χ0v) is 32.4. The lowest BCUT2D eigenvalue weighted by molar-refractivity contribution is 0.631. The first-order valence-corrected chi connectivity index (χ1v) is 19.7. The fourth-order valence-corrected chi connectivity index (χ4v) is 9.21. The van der Waals surface area contributed by atoms with Gasteiger partial charge in [-0.1, -0.05) is 161 Å². The van der Waals surface area contributed by atoms with Crippen LogP contribution in [-0.2, 0) is 10.8 Å². The van der Waals surface area contributed by atoms with E-state index < -0.39 is 0 Å². The van der Waals surface area contributed by atoms with Crippen molar-refractivity contribution in [3.8, 4) is 33.4 Å². The van der Waals surface area contributed by atoms with Crippen molar-refractivity contribution in [3.05, 3.63) is 216 Å². The number of fused-ring (bicyclic) bond motifs is 4. The molecule has 270 valence electrons. The lowest BCUT2D eigenvalue weighted by atomic mass is 9.71. The Bertz CT molecular complexity index is 2740. The van der Waals surface area contributed by atoms with Crippen molar-refractivity contribution in [3.63, 3.8) is 0 Å². The molecule has 2 heterocycles. The van der Waals surface area contributed by atoms with E-state index in [0.29, 0.717) is 0 Å². The van der Waals surface area contributed by atoms with E-state index in [2.05, 4.69) is 232 Å². The Balaban J connectivity index is 1.09. The summed E-state index contributed by atoms with van der Waals surface area (Å²) in [7, 11) is 0. The van der Waals surface area contributed by atoms with Crippen molar-refractivity contribution in [2.75, 3.05) is 9.80 Å². The van der Waals surface area contributed by atoms with Crippen LogP contribution in [0.25, 0.3) is 33.4 Å². The van der Waals surface area contributed by atoms with Crippen LogP contribution in [0.15, 0.2) is 194 Å². The smallest absolute Gasteiger partial charge is 0.0503 e. The molecule has 0 saturated carbocycles. The quantitative estimate of drug-likeness (QED) is 0.175. The van der Waals surface area contributed by atoms with Gasteiger partial charge < -0.3 is 9.80 Å². The molecule has 0 radical (unpaired) electrons. The van der Waals surface area contributed by atoms with Gasteiger partial charge in [-0.25, -0.2) is 0 Å². The van der Waals surface area contributed by atoms with Gasteiger partial charge in [0.05, 0.1) is 22.7 Å². The summed E-state index contributed by atoms with van der Waals surface area (Å²) in [4.78, 5) is 4.91. The SMILES string of the molecule is CC1(C)c2ccccc2N(c2ccc(-c3ccccc3)cc2)c2ccc(-c3ccc4c(c3)C(C)(C)c3ccccc3N4c3cccc(-c4ccccc4)c3)cc21. The van der Waals surface area contributed by atoms with E-state index in [1.54, 1.807) is 0 Å². The molecule has 2 nitrogen and oxygen atoms in total.